The van der Waals surface area contributed by atoms with Crippen molar-refractivity contribution in [2.24, 2.45) is 5.92 Å². The quantitative estimate of drug-likeness (QED) is 0.847. The number of amides is 2. The summed E-state index contributed by atoms with van der Waals surface area (Å²) in [6, 6.07) is 7.18. The Kier molecular flexibility index (Phi) is 5.49. The van der Waals surface area contributed by atoms with Gasteiger partial charge in [-0.1, -0.05) is 32.0 Å². The number of fused-ring (bicyclic) bond motifs is 1. The lowest BCUT2D eigenvalue weighted by atomic mass is 9.98. The number of para-hydroxylation sites is 1. The summed E-state index contributed by atoms with van der Waals surface area (Å²) in [6.07, 6.45) is -0.0834. The molecule has 1 atom stereocenters. The molecule has 6 nitrogen and oxygen atoms in total. The Morgan fingerprint density at radius 1 is 1.29 bits per heavy atom. The van der Waals surface area contributed by atoms with Crippen molar-refractivity contribution in [3.8, 4) is 0 Å². The Balaban J connectivity index is 2.21. The first kappa shape index (κ1) is 17.8. The zero-order chi connectivity index (χ0) is 17.9. The van der Waals surface area contributed by atoms with E-state index in [-0.39, 0.29) is 31.0 Å². The van der Waals surface area contributed by atoms with E-state index in [1.54, 1.807) is 7.05 Å². The third-order valence-corrected chi connectivity index (χ3v) is 4.12. The molecule has 2 amide bonds. The molecule has 2 N–H and O–H groups in total. The van der Waals surface area contributed by atoms with Crippen LogP contribution in [0.3, 0.4) is 0 Å². The van der Waals surface area contributed by atoms with E-state index in [2.05, 4.69) is 5.32 Å². The second kappa shape index (κ2) is 7.38. The molecule has 0 aliphatic rings. The number of rotatable bonds is 6. The Morgan fingerprint density at radius 3 is 2.54 bits per heavy atom. The fourth-order valence-corrected chi connectivity index (χ4v) is 2.63. The maximum Gasteiger partial charge on any atom is 0.317 e. The minimum absolute atomic E-state index is 0.0834. The van der Waals surface area contributed by atoms with Crippen LogP contribution in [0.4, 0.5) is 4.79 Å². The molecule has 0 saturated carbocycles. The Morgan fingerprint density at radius 2 is 1.96 bits per heavy atom. The molecule has 24 heavy (non-hydrogen) atoms. The van der Waals surface area contributed by atoms with Crippen LogP contribution in [0.1, 0.15) is 37.6 Å². The molecule has 0 spiro atoms. The lowest BCUT2D eigenvalue weighted by molar-refractivity contribution is -0.137. The van der Waals surface area contributed by atoms with Crippen molar-refractivity contribution in [2.45, 2.75) is 33.2 Å². The summed E-state index contributed by atoms with van der Waals surface area (Å²) >= 11 is 0. The summed E-state index contributed by atoms with van der Waals surface area (Å²) in [6.45, 7) is 6.16. The van der Waals surface area contributed by atoms with Crippen molar-refractivity contribution in [1.29, 1.82) is 0 Å². The highest BCUT2D eigenvalue weighted by Crippen LogP contribution is 2.32. The van der Waals surface area contributed by atoms with Crippen molar-refractivity contribution in [3.05, 3.63) is 35.6 Å². The summed E-state index contributed by atoms with van der Waals surface area (Å²) < 4.78 is 5.97. The molecule has 0 aliphatic heterocycles. The number of aliphatic carboxylic acids is 1. The van der Waals surface area contributed by atoms with Gasteiger partial charge in [-0.05, 0) is 18.9 Å². The summed E-state index contributed by atoms with van der Waals surface area (Å²) in [7, 11) is 1.58. The van der Waals surface area contributed by atoms with Crippen LogP contribution in [0.25, 0.3) is 11.0 Å². The Bertz CT molecular complexity index is 736. The summed E-state index contributed by atoms with van der Waals surface area (Å²) in [4.78, 5) is 24.4. The van der Waals surface area contributed by atoms with E-state index < -0.39 is 5.97 Å². The lowest BCUT2D eigenvalue weighted by Crippen LogP contribution is -2.41. The van der Waals surface area contributed by atoms with Gasteiger partial charge in [0.15, 0.2) is 0 Å². The predicted molar refractivity (Wildman–Crippen MR) is 91.9 cm³/mol. The molecular formula is C18H24N2O4. The molecule has 0 radical (unpaired) electrons. The standard InChI is InChI=1S/C18H24N2O4/c1-11(2)16(19-18(23)20(4)10-9-15(21)22)17-12(3)13-7-5-6-8-14(13)24-17/h5-8,11,16H,9-10H2,1-4H3,(H,19,23)(H,21,22). The van der Waals surface area contributed by atoms with Gasteiger partial charge in [0.05, 0.1) is 12.5 Å². The van der Waals surface area contributed by atoms with Crippen molar-refractivity contribution >= 4 is 23.0 Å². The zero-order valence-electron chi connectivity index (χ0n) is 14.5. The van der Waals surface area contributed by atoms with Gasteiger partial charge in [-0.2, -0.15) is 0 Å². The molecule has 2 aromatic rings. The number of carbonyl (C=O) groups is 2. The maximum atomic E-state index is 12.4. The normalized spacial score (nSPS) is 12.4. The molecule has 130 valence electrons. The number of urea groups is 1. The van der Waals surface area contributed by atoms with Gasteiger partial charge in [-0.25, -0.2) is 4.79 Å². The van der Waals surface area contributed by atoms with Gasteiger partial charge in [0.25, 0.3) is 0 Å². The molecule has 1 unspecified atom stereocenters. The molecule has 0 fully saturated rings. The molecule has 0 saturated heterocycles. The number of aryl methyl sites for hydroxylation is 1. The van der Waals surface area contributed by atoms with Crippen LogP contribution < -0.4 is 5.32 Å². The monoisotopic (exact) mass is 332 g/mol. The zero-order valence-corrected chi connectivity index (χ0v) is 14.5. The average Bonchev–Trinajstić information content (AvgIpc) is 2.86. The van der Waals surface area contributed by atoms with Gasteiger partial charge in [-0.15, -0.1) is 0 Å². The topological polar surface area (TPSA) is 82.8 Å². The van der Waals surface area contributed by atoms with Gasteiger partial charge in [-0.3, -0.25) is 4.79 Å². The van der Waals surface area contributed by atoms with E-state index in [0.29, 0.717) is 0 Å². The van der Waals surface area contributed by atoms with Crippen LogP contribution in [0.5, 0.6) is 0 Å². The number of nitrogens with zero attached hydrogens (tertiary/aromatic N) is 1. The minimum Gasteiger partial charge on any atom is -0.481 e. The minimum atomic E-state index is -0.928. The van der Waals surface area contributed by atoms with Crippen molar-refractivity contribution in [2.75, 3.05) is 13.6 Å². The highest BCUT2D eigenvalue weighted by molar-refractivity contribution is 5.82. The number of furan rings is 1. The molecule has 1 aromatic carbocycles. The maximum absolute atomic E-state index is 12.4. The number of carbonyl (C=O) groups excluding carboxylic acids is 1. The largest absolute Gasteiger partial charge is 0.481 e. The molecular weight excluding hydrogens is 308 g/mol. The average molecular weight is 332 g/mol. The highest BCUT2D eigenvalue weighted by Gasteiger charge is 2.26. The van der Waals surface area contributed by atoms with Gasteiger partial charge in [0.1, 0.15) is 11.3 Å². The van der Waals surface area contributed by atoms with Crippen LogP contribution in [0.2, 0.25) is 0 Å². The van der Waals surface area contributed by atoms with Crippen molar-refractivity contribution in [1.82, 2.24) is 10.2 Å². The molecule has 0 aliphatic carbocycles. The second-order valence-electron chi connectivity index (χ2n) is 6.32. The molecule has 1 aromatic heterocycles. The predicted octanol–water partition coefficient (Wildman–Crippen LogP) is 3.55. The van der Waals surface area contributed by atoms with Crippen LogP contribution in [-0.4, -0.2) is 35.6 Å². The number of carboxylic acid groups (broad SMARTS) is 1. The summed E-state index contributed by atoms with van der Waals surface area (Å²) in [5.41, 5.74) is 1.81. The third-order valence-electron chi connectivity index (χ3n) is 4.12. The SMILES string of the molecule is Cc1c(C(NC(=O)N(C)CCC(=O)O)C(C)C)oc2ccccc12. The fraction of sp³-hybridized carbons (Fsp3) is 0.444. The second-order valence-corrected chi connectivity index (χ2v) is 6.32. The number of benzene rings is 1. The number of hydrogen-bond donors (Lipinski definition) is 2. The molecule has 0 bridgehead atoms. The Hall–Kier alpha value is -2.50. The first-order valence-corrected chi connectivity index (χ1v) is 8.02. The third kappa shape index (κ3) is 3.88. The fourth-order valence-electron chi connectivity index (χ4n) is 2.63. The number of carboxylic acids is 1. The van der Waals surface area contributed by atoms with Crippen molar-refractivity contribution in [3.63, 3.8) is 0 Å². The van der Waals surface area contributed by atoms with Crippen LogP contribution in [-0.2, 0) is 4.79 Å². The molecule has 2 rings (SSSR count). The number of nitrogens with one attached hydrogen (secondary N) is 1. The van der Waals surface area contributed by atoms with E-state index in [4.69, 9.17) is 9.52 Å². The van der Waals surface area contributed by atoms with Gasteiger partial charge < -0.3 is 19.7 Å². The van der Waals surface area contributed by atoms with Gasteiger partial charge in [0, 0.05) is 24.5 Å². The Labute approximate surface area is 141 Å². The van der Waals surface area contributed by atoms with Crippen LogP contribution in [0, 0.1) is 12.8 Å². The van der Waals surface area contributed by atoms with E-state index in [1.165, 1.54) is 4.90 Å². The van der Waals surface area contributed by atoms with Crippen LogP contribution >= 0.6 is 0 Å². The van der Waals surface area contributed by atoms with E-state index in [9.17, 15) is 9.59 Å². The smallest absolute Gasteiger partial charge is 0.317 e. The van der Waals surface area contributed by atoms with Crippen LogP contribution in [0.15, 0.2) is 28.7 Å². The number of hydrogen-bond acceptors (Lipinski definition) is 3. The van der Waals surface area contributed by atoms with E-state index >= 15 is 0 Å². The highest BCUT2D eigenvalue weighted by atomic mass is 16.4. The van der Waals surface area contributed by atoms with Gasteiger partial charge >= 0.3 is 12.0 Å². The lowest BCUT2D eigenvalue weighted by Gasteiger charge is -2.25. The van der Waals surface area contributed by atoms with E-state index in [0.717, 1.165) is 22.3 Å². The van der Waals surface area contributed by atoms with Crippen molar-refractivity contribution < 1.29 is 19.1 Å². The first-order chi connectivity index (χ1) is 11.3. The van der Waals surface area contributed by atoms with Gasteiger partial charge in [0.2, 0.25) is 0 Å². The summed E-state index contributed by atoms with van der Waals surface area (Å²) in [5, 5.41) is 12.7. The molecule has 6 heteroatoms. The molecule has 1 heterocycles. The van der Waals surface area contributed by atoms with E-state index in [1.807, 2.05) is 45.0 Å². The summed E-state index contributed by atoms with van der Waals surface area (Å²) in [5.74, 6) is -0.0598. The first-order valence-electron chi connectivity index (χ1n) is 8.02.